The van der Waals surface area contributed by atoms with Gasteiger partial charge in [0.15, 0.2) is 0 Å². The van der Waals surface area contributed by atoms with E-state index in [1.54, 1.807) is 0 Å². The van der Waals surface area contributed by atoms with E-state index >= 15 is 0 Å². The van der Waals surface area contributed by atoms with Gasteiger partial charge >= 0.3 is 0 Å². The van der Waals surface area contributed by atoms with E-state index in [-0.39, 0.29) is 6.17 Å². The lowest BCUT2D eigenvalue weighted by Crippen LogP contribution is -2.48. The molecule has 0 aromatic heterocycles. The van der Waals surface area contributed by atoms with Gasteiger partial charge in [0.25, 0.3) is 0 Å². The highest BCUT2D eigenvalue weighted by Crippen LogP contribution is 2.18. The first kappa shape index (κ1) is 10.1. The van der Waals surface area contributed by atoms with Crippen LogP contribution >= 0.6 is 0 Å². The Balaban J connectivity index is 1.74. The van der Waals surface area contributed by atoms with Gasteiger partial charge in [0.1, 0.15) is 0 Å². The van der Waals surface area contributed by atoms with Gasteiger partial charge in [-0.3, -0.25) is 5.32 Å². The molecule has 0 aromatic rings. The zero-order chi connectivity index (χ0) is 9.80. The van der Waals surface area contributed by atoms with Crippen LogP contribution in [-0.2, 0) is 4.74 Å². The van der Waals surface area contributed by atoms with Gasteiger partial charge in [-0.05, 0) is 32.1 Å². The average Bonchev–Trinajstić information content (AvgIpc) is 2.23. The molecule has 0 saturated carbocycles. The van der Waals surface area contributed by atoms with Crippen LogP contribution in [0, 0.1) is 0 Å². The SMILES string of the molecule is NC1CCC(OC2C=CCCC2)CN1. The summed E-state index contributed by atoms with van der Waals surface area (Å²) in [7, 11) is 0. The summed E-state index contributed by atoms with van der Waals surface area (Å²) in [5.41, 5.74) is 5.75. The molecule has 1 aliphatic heterocycles. The first-order valence-corrected chi connectivity index (χ1v) is 5.65. The van der Waals surface area contributed by atoms with E-state index in [9.17, 15) is 0 Å². The van der Waals surface area contributed by atoms with Crippen molar-refractivity contribution in [2.24, 2.45) is 5.73 Å². The Morgan fingerprint density at radius 1 is 1.29 bits per heavy atom. The molecule has 0 amide bonds. The van der Waals surface area contributed by atoms with Crippen molar-refractivity contribution in [3.63, 3.8) is 0 Å². The minimum absolute atomic E-state index is 0.178. The molecule has 1 heterocycles. The van der Waals surface area contributed by atoms with Crippen molar-refractivity contribution in [2.75, 3.05) is 6.54 Å². The van der Waals surface area contributed by atoms with E-state index < -0.39 is 0 Å². The van der Waals surface area contributed by atoms with E-state index in [0.29, 0.717) is 12.2 Å². The highest BCUT2D eigenvalue weighted by atomic mass is 16.5. The van der Waals surface area contributed by atoms with Crippen LogP contribution in [0.15, 0.2) is 12.2 Å². The van der Waals surface area contributed by atoms with Crippen molar-refractivity contribution in [1.82, 2.24) is 5.32 Å². The third-order valence-corrected chi connectivity index (χ3v) is 2.98. The molecule has 3 N–H and O–H groups in total. The van der Waals surface area contributed by atoms with Crippen LogP contribution in [0.1, 0.15) is 32.1 Å². The molecule has 14 heavy (non-hydrogen) atoms. The largest absolute Gasteiger partial charge is 0.370 e. The Hall–Kier alpha value is -0.380. The molecule has 3 nitrogen and oxygen atoms in total. The lowest BCUT2D eigenvalue weighted by atomic mass is 10.0. The highest BCUT2D eigenvalue weighted by molar-refractivity contribution is 4.95. The molecule has 2 rings (SSSR count). The molecule has 3 heteroatoms. The van der Waals surface area contributed by atoms with Crippen molar-refractivity contribution in [3.8, 4) is 0 Å². The monoisotopic (exact) mass is 196 g/mol. The number of rotatable bonds is 2. The summed E-state index contributed by atoms with van der Waals surface area (Å²) in [6, 6.07) is 0. The third kappa shape index (κ3) is 2.80. The van der Waals surface area contributed by atoms with Crippen LogP contribution in [0.5, 0.6) is 0 Å². The molecule has 80 valence electrons. The predicted octanol–water partition coefficient (Wildman–Crippen LogP) is 1.15. The Morgan fingerprint density at radius 3 is 2.86 bits per heavy atom. The second-order valence-electron chi connectivity index (χ2n) is 4.25. The predicted molar refractivity (Wildman–Crippen MR) is 56.9 cm³/mol. The van der Waals surface area contributed by atoms with Gasteiger partial charge in [0.05, 0.1) is 18.4 Å². The van der Waals surface area contributed by atoms with Crippen LogP contribution in [0.3, 0.4) is 0 Å². The molecular weight excluding hydrogens is 176 g/mol. The van der Waals surface area contributed by atoms with Crippen LogP contribution in [0.25, 0.3) is 0 Å². The summed E-state index contributed by atoms with van der Waals surface area (Å²) < 4.78 is 5.98. The number of nitrogens with two attached hydrogens (primary N) is 1. The van der Waals surface area contributed by atoms with Crippen molar-refractivity contribution in [1.29, 1.82) is 0 Å². The molecule has 0 bridgehead atoms. The number of hydrogen-bond acceptors (Lipinski definition) is 3. The Morgan fingerprint density at radius 2 is 2.21 bits per heavy atom. The fourth-order valence-corrected chi connectivity index (χ4v) is 2.11. The smallest absolute Gasteiger partial charge is 0.0760 e. The number of hydrogen-bond donors (Lipinski definition) is 2. The zero-order valence-corrected chi connectivity index (χ0v) is 8.61. The molecule has 0 radical (unpaired) electrons. The van der Waals surface area contributed by atoms with Gasteiger partial charge < -0.3 is 10.5 Å². The Bertz CT molecular complexity index is 197. The average molecular weight is 196 g/mol. The van der Waals surface area contributed by atoms with Gasteiger partial charge in [0, 0.05) is 6.54 Å². The van der Waals surface area contributed by atoms with Gasteiger partial charge in [-0.1, -0.05) is 12.2 Å². The third-order valence-electron chi connectivity index (χ3n) is 2.98. The minimum atomic E-state index is 0.178. The maximum absolute atomic E-state index is 5.98. The Labute approximate surface area is 85.7 Å². The first-order valence-electron chi connectivity index (χ1n) is 5.65. The molecule has 1 saturated heterocycles. The summed E-state index contributed by atoms with van der Waals surface area (Å²) in [6.07, 6.45) is 11.1. The van der Waals surface area contributed by atoms with Gasteiger partial charge in [0.2, 0.25) is 0 Å². The van der Waals surface area contributed by atoms with E-state index in [4.69, 9.17) is 10.5 Å². The standard InChI is InChI=1S/C11H20N2O/c12-11-7-6-10(8-13-11)14-9-4-2-1-3-5-9/h2,4,9-11,13H,1,3,5-8,12H2. The van der Waals surface area contributed by atoms with Gasteiger partial charge in [-0.15, -0.1) is 0 Å². The summed E-state index contributed by atoms with van der Waals surface area (Å²) in [5, 5.41) is 3.25. The summed E-state index contributed by atoms with van der Waals surface area (Å²) >= 11 is 0. The van der Waals surface area contributed by atoms with Crippen molar-refractivity contribution >= 4 is 0 Å². The fraction of sp³-hybridized carbons (Fsp3) is 0.818. The van der Waals surface area contributed by atoms with E-state index in [1.165, 1.54) is 19.3 Å². The molecule has 3 atom stereocenters. The second-order valence-corrected chi connectivity index (χ2v) is 4.25. The summed E-state index contributed by atoms with van der Waals surface area (Å²) in [6.45, 7) is 0.908. The topological polar surface area (TPSA) is 47.3 Å². The number of nitrogens with one attached hydrogen (secondary N) is 1. The number of piperidine rings is 1. The molecule has 1 aliphatic carbocycles. The van der Waals surface area contributed by atoms with E-state index in [2.05, 4.69) is 17.5 Å². The van der Waals surface area contributed by atoms with Gasteiger partial charge in [-0.25, -0.2) is 0 Å². The van der Waals surface area contributed by atoms with Crippen molar-refractivity contribution in [3.05, 3.63) is 12.2 Å². The first-order chi connectivity index (χ1) is 6.84. The van der Waals surface area contributed by atoms with E-state index in [1.807, 2.05) is 0 Å². The van der Waals surface area contributed by atoms with Crippen molar-refractivity contribution < 1.29 is 4.74 Å². The summed E-state index contributed by atoms with van der Waals surface area (Å²) in [5.74, 6) is 0. The molecule has 2 aliphatic rings. The number of allylic oxidation sites excluding steroid dienone is 1. The second kappa shape index (κ2) is 4.91. The number of ether oxygens (including phenoxy) is 1. The molecular formula is C11H20N2O. The summed E-state index contributed by atoms with van der Waals surface area (Å²) in [4.78, 5) is 0. The van der Waals surface area contributed by atoms with Crippen molar-refractivity contribution in [2.45, 2.75) is 50.5 Å². The Kier molecular flexibility index (Phi) is 3.56. The molecule has 1 fully saturated rings. The van der Waals surface area contributed by atoms with Gasteiger partial charge in [-0.2, -0.15) is 0 Å². The lowest BCUT2D eigenvalue weighted by Gasteiger charge is -2.30. The quantitative estimate of drug-likeness (QED) is 0.651. The van der Waals surface area contributed by atoms with E-state index in [0.717, 1.165) is 19.4 Å². The zero-order valence-electron chi connectivity index (χ0n) is 8.61. The highest BCUT2D eigenvalue weighted by Gasteiger charge is 2.21. The van der Waals surface area contributed by atoms with Crippen LogP contribution in [0.4, 0.5) is 0 Å². The maximum atomic E-state index is 5.98. The normalized spacial score (nSPS) is 38.5. The van der Waals surface area contributed by atoms with Crippen LogP contribution < -0.4 is 11.1 Å². The molecule has 0 aromatic carbocycles. The molecule has 0 spiro atoms. The maximum Gasteiger partial charge on any atom is 0.0760 e. The fourth-order valence-electron chi connectivity index (χ4n) is 2.11. The lowest BCUT2D eigenvalue weighted by molar-refractivity contribution is -0.0107. The minimum Gasteiger partial charge on any atom is -0.370 e. The van der Waals surface area contributed by atoms with Crippen LogP contribution in [-0.4, -0.2) is 24.9 Å². The molecule has 3 unspecified atom stereocenters. The van der Waals surface area contributed by atoms with Crippen LogP contribution in [0.2, 0.25) is 0 Å².